The van der Waals surface area contributed by atoms with Crippen LogP contribution in [0.4, 0.5) is 0 Å². The van der Waals surface area contributed by atoms with Crippen molar-refractivity contribution in [3.05, 3.63) is 47.8 Å². The Labute approximate surface area is 150 Å². The summed E-state index contributed by atoms with van der Waals surface area (Å²) in [6, 6.07) is 7.54. The van der Waals surface area contributed by atoms with Crippen molar-refractivity contribution in [3.8, 4) is 11.6 Å². The summed E-state index contributed by atoms with van der Waals surface area (Å²) in [6.07, 6.45) is 4.54. The molecule has 134 valence electrons. The van der Waals surface area contributed by atoms with Gasteiger partial charge in [-0.2, -0.15) is 5.10 Å². The molecule has 0 fully saturated rings. The number of Topliss-reactive ketones (excluding diaryl/α,β-unsaturated/α-hetero) is 1. The molecule has 26 heavy (non-hydrogen) atoms. The van der Waals surface area contributed by atoms with Gasteiger partial charge in [-0.1, -0.05) is 0 Å². The third kappa shape index (κ3) is 3.37. The average molecular weight is 353 g/mol. The van der Waals surface area contributed by atoms with Crippen molar-refractivity contribution >= 4 is 28.7 Å². The molecule has 0 unspecified atom stereocenters. The number of ether oxygens (including phenoxy) is 1. The Morgan fingerprint density at radius 3 is 2.77 bits per heavy atom. The van der Waals surface area contributed by atoms with Crippen molar-refractivity contribution in [2.24, 2.45) is 7.05 Å². The van der Waals surface area contributed by atoms with Crippen LogP contribution in [-0.4, -0.2) is 37.8 Å². The molecule has 3 rings (SSSR count). The standard InChI is InChI=1S/C19H19N3O4/c1-12(23)11-26-15-5-4-14-8-9-22(17(14)10-15)19-16(6-7-18(24)25)13(2)20-21(19)3/h4-10H,11H2,1-3H3,(H,24,25). The third-order valence-corrected chi connectivity index (χ3v) is 3.96. The van der Waals surface area contributed by atoms with E-state index >= 15 is 0 Å². The summed E-state index contributed by atoms with van der Waals surface area (Å²) in [6.45, 7) is 3.32. The molecule has 0 aliphatic carbocycles. The number of rotatable bonds is 6. The van der Waals surface area contributed by atoms with Gasteiger partial charge in [0.1, 0.15) is 18.2 Å². The van der Waals surface area contributed by atoms with Crippen molar-refractivity contribution in [2.75, 3.05) is 6.61 Å². The predicted octanol–water partition coefficient (Wildman–Crippen LogP) is 2.74. The second-order valence-electron chi connectivity index (χ2n) is 6.01. The van der Waals surface area contributed by atoms with Crippen molar-refractivity contribution in [1.29, 1.82) is 0 Å². The number of carbonyl (C=O) groups is 2. The summed E-state index contributed by atoms with van der Waals surface area (Å²) in [5, 5.41) is 14.3. The molecule has 1 aromatic carbocycles. The number of aryl methyl sites for hydroxylation is 2. The Bertz CT molecular complexity index is 1030. The first-order chi connectivity index (χ1) is 12.4. The van der Waals surface area contributed by atoms with Gasteiger partial charge in [-0.15, -0.1) is 0 Å². The van der Waals surface area contributed by atoms with Crippen LogP contribution < -0.4 is 4.74 Å². The summed E-state index contributed by atoms with van der Waals surface area (Å²) in [5.41, 5.74) is 2.33. The van der Waals surface area contributed by atoms with E-state index in [-0.39, 0.29) is 12.4 Å². The van der Waals surface area contributed by atoms with Crippen molar-refractivity contribution in [3.63, 3.8) is 0 Å². The summed E-state index contributed by atoms with van der Waals surface area (Å²) < 4.78 is 9.14. The Morgan fingerprint density at radius 1 is 1.31 bits per heavy atom. The highest BCUT2D eigenvalue weighted by Gasteiger charge is 2.15. The van der Waals surface area contributed by atoms with E-state index in [2.05, 4.69) is 5.10 Å². The zero-order chi connectivity index (χ0) is 18.8. The van der Waals surface area contributed by atoms with Crippen LogP contribution >= 0.6 is 0 Å². The quantitative estimate of drug-likeness (QED) is 0.689. The van der Waals surface area contributed by atoms with Gasteiger partial charge in [0.2, 0.25) is 0 Å². The molecule has 0 amide bonds. The minimum absolute atomic E-state index is 0.0175. The molecule has 7 nitrogen and oxygen atoms in total. The molecule has 0 spiro atoms. The van der Waals surface area contributed by atoms with Crippen LogP contribution in [0.5, 0.6) is 5.75 Å². The number of carbonyl (C=O) groups excluding carboxylic acids is 1. The molecule has 2 aromatic heterocycles. The fraction of sp³-hybridized carbons (Fsp3) is 0.211. The van der Waals surface area contributed by atoms with E-state index in [1.165, 1.54) is 6.92 Å². The summed E-state index contributed by atoms with van der Waals surface area (Å²) in [7, 11) is 1.81. The third-order valence-electron chi connectivity index (χ3n) is 3.96. The second-order valence-corrected chi connectivity index (χ2v) is 6.01. The normalized spacial score (nSPS) is 11.3. The Kier molecular flexibility index (Phi) is 4.62. The van der Waals surface area contributed by atoms with Crippen LogP contribution in [0.15, 0.2) is 36.5 Å². The van der Waals surface area contributed by atoms with Crippen LogP contribution in [0.1, 0.15) is 18.2 Å². The second kappa shape index (κ2) is 6.87. The molecule has 3 aromatic rings. The maximum atomic E-state index is 11.1. The van der Waals surface area contributed by atoms with Crippen molar-refractivity contribution < 1.29 is 19.4 Å². The first-order valence-corrected chi connectivity index (χ1v) is 8.05. The van der Waals surface area contributed by atoms with Gasteiger partial charge in [0.25, 0.3) is 0 Å². The van der Waals surface area contributed by atoms with Crippen LogP contribution in [0, 0.1) is 6.92 Å². The lowest BCUT2D eigenvalue weighted by Crippen LogP contribution is -2.07. The molecule has 0 saturated heterocycles. The molecule has 0 aliphatic rings. The van der Waals surface area contributed by atoms with E-state index in [1.807, 2.05) is 49.0 Å². The van der Waals surface area contributed by atoms with Gasteiger partial charge in [0.05, 0.1) is 11.2 Å². The highest BCUT2D eigenvalue weighted by molar-refractivity contribution is 5.88. The topological polar surface area (TPSA) is 86.3 Å². The number of fused-ring (bicyclic) bond motifs is 1. The Balaban J connectivity index is 2.12. The van der Waals surface area contributed by atoms with Crippen LogP contribution in [0.3, 0.4) is 0 Å². The van der Waals surface area contributed by atoms with Gasteiger partial charge in [-0.3, -0.25) is 9.48 Å². The fourth-order valence-electron chi connectivity index (χ4n) is 2.87. The first-order valence-electron chi connectivity index (χ1n) is 8.05. The number of hydrogen-bond acceptors (Lipinski definition) is 4. The van der Waals surface area contributed by atoms with Gasteiger partial charge < -0.3 is 14.4 Å². The maximum absolute atomic E-state index is 11.1. The summed E-state index contributed by atoms with van der Waals surface area (Å²) in [5.74, 6) is 0.271. The first kappa shape index (κ1) is 17.5. The number of aromatic nitrogens is 3. The molecular weight excluding hydrogens is 334 g/mol. The maximum Gasteiger partial charge on any atom is 0.328 e. The average Bonchev–Trinajstić information content (AvgIpc) is 3.10. The molecule has 0 atom stereocenters. The number of aliphatic carboxylic acids is 1. The van der Waals surface area contributed by atoms with Gasteiger partial charge in [0.15, 0.2) is 5.78 Å². The molecule has 2 heterocycles. The zero-order valence-corrected chi connectivity index (χ0v) is 14.8. The molecule has 0 aliphatic heterocycles. The fourth-order valence-corrected chi connectivity index (χ4v) is 2.87. The zero-order valence-electron chi connectivity index (χ0n) is 14.8. The van der Waals surface area contributed by atoms with Gasteiger partial charge >= 0.3 is 5.97 Å². The Morgan fingerprint density at radius 2 is 2.08 bits per heavy atom. The number of carboxylic acids is 1. The predicted molar refractivity (Wildman–Crippen MR) is 97.6 cm³/mol. The monoisotopic (exact) mass is 353 g/mol. The van der Waals surface area contributed by atoms with E-state index in [9.17, 15) is 9.59 Å². The molecular formula is C19H19N3O4. The molecule has 0 bridgehead atoms. The largest absolute Gasteiger partial charge is 0.486 e. The molecule has 0 radical (unpaired) electrons. The lowest BCUT2D eigenvalue weighted by molar-refractivity contribution is -0.131. The highest BCUT2D eigenvalue weighted by Crippen LogP contribution is 2.28. The SMILES string of the molecule is CC(=O)COc1ccc2ccn(-c3c(C=CC(=O)O)c(C)nn3C)c2c1. The smallest absolute Gasteiger partial charge is 0.328 e. The van der Waals surface area contributed by atoms with Crippen LogP contribution in [0.2, 0.25) is 0 Å². The summed E-state index contributed by atoms with van der Waals surface area (Å²) in [4.78, 5) is 22.0. The van der Waals surface area contributed by atoms with E-state index in [0.29, 0.717) is 5.75 Å². The minimum atomic E-state index is -1.02. The van der Waals surface area contributed by atoms with Crippen LogP contribution in [0.25, 0.3) is 22.8 Å². The molecule has 1 N–H and O–H groups in total. The lowest BCUT2D eigenvalue weighted by Gasteiger charge is -2.09. The van der Waals surface area contributed by atoms with E-state index < -0.39 is 5.97 Å². The summed E-state index contributed by atoms with van der Waals surface area (Å²) >= 11 is 0. The van der Waals surface area contributed by atoms with E-state index in [4.69, 9.17) is 9.84 Å². The number of ketones is 1. The number of carboxylic acid groups (broad SMARTS) is 1. The molecule has 0 saturated carbocycles. The van der Waals surface area contributed by atoms with Crippen molar-refractivity contribution in [1.82, 2.24) is 14.3 Å². The molecule has 7 heteroatoms. The van der Waals surface area contributed by atoms with Gasteiger partial charge in [-0.05, 0) is 38.1 Å². The number of hydrogen-bond donors (Lipinski definition) is 1. The van der Waals surface area contributed by atoms with Gasteiger partial charge in [0, 0.05) is 36.3 Å². The minimum Gasteiger partial charge on any atom is -0.486 e. The Hall–Kier alpha value is -3.35. The number of benzene rings is 1. The van der Waals surface area contributed by atoms with E-state index in [0.717, 1.165) is 34.1 Å². The van der Waals surface area contributed by atoms with Crippen molar-refractivity contribution in [2.45, 2.75) is 13.8 Å². The van der Waals surface area contributed by atoms with Crippen LogP contribution in [-0.2, 0) is 16.6 Å². The highest BCUT2D eigenvalue weighted by atomic mass is 16.5. The van der Waals surface area contributed by atoms with E-state index in [1.54, 1.807) is 10.8 Å². The van der Waals surface area contributed by atoms with Gasteiger partial charge in [-0.25, -0.2) is 4.79 Å². The number of nitrogens with zero attached hydrogens (tertiary/aromatic N) is 3. The lowest BCUT2D eigenvalue weighted by atomic mass is 10.2.